The van der Waals surface area contributed by atoms with Gasteiger partial charge in [-0.15, -0.1) is 0 Å². The number of anilines is 1. The summed E-state index contributed by atoms with van der Waals surface area (Å²) in [7, 11) is 0. The quantitative estimate of drug-likeness (QED) is 0.583. The number of amides is 2. The van der Waals surface area contributed by atoms with E-state index in [9.17, 15) is 18.4 Å². The summed E-state index contributed by atoms with van der Waals surface area (Å²) in [5, 5.41) is 4.76. The summed E-state index contributed by atoms with van der Waals surface area (Å²) in [6.07, 6.45) is -0.636. The second kappa shape index (κ2) is 7.06. The fraction of sp³-hybridized carbons (Fsp3) is 0.429. The van der Waals surface area contributed by atoms with E-state index in [2.05, 4.69) is 10.6 Å². The summed E-state index contributed by atoms with van der Waals surface area (Å²) in [4.78, 5) is 23.1. The molecule has 0 unspecified atom stereocenters. The Hall–Kier alpha value is -2.38. The lowest BCUT2D eigenvalue weighted by atomic mass is 10.1. The van der Waals surface area contributed by atoms with Crippen LogP contribution >= 0.6 is 0 Å². The molecule has 4 N–H and O–H groups in total. The smallest absolute Gasteiger partial charge is 0.407 e. The molecular formula is C14H19F2N3O3. The normalized spacial score (nSPS) is 11.0. The van der Waals surface area contributed by atoms with Crippen molar-refractivity contribution in [3.8, 4) is 0 Å². The van der Waals surface area contributed by atoms with Crippen LogP contribution in [0.5, 0.6) is 0 Å². The van der Waals surface area contributed by atoms with Crippen LogP contribution in [-0.2, 0) is 4.74 Å². The summed E-state index contributed by atoms with van der Waals surface area (Å²) in [6.45, 7) is 5.24. The molecule has 2 amide bonds. The number of nitrogen functional groups attached to an aromatic ring is 1. The Kier molecular flexibility index (Phi) is 5.67. The Labute approximate surface area is 127 Å². The van der Waals surface area contributed by atoms with Crippen molar-refractivity contribution in [3.63, 3.8) is 0 Å². The molecule has 0 aromatic heterocycles. The fourth-order valence-corrected chi connectivity index (χ4v) is 1.53. The van der Waals surface area contributed by atoms with Crippen LogP contribution in [0.4, 0.5) is 19.3 Å². The lowest BCUT2D eigenvalue weighted by molar-refractivity contribution is 0.0526. The SMILES string of the molecule is CC(C)(C)OC(=O)NCCNC(=O)c1cc(F)cc(N)c1F. The highest BCUT2D eigenvalue weighted by Gasteiger charge is 2.17. The number of hydrogen-bond acceptors (Lipinski definition) is 4. The third-order valence-electron chi connectivity index (χ3n) is 2.39. The van der Waals surface area contributed by atoms with E-state index in [0.29, 0.717) is 0 Å². The van der Waals surface area contributed by atoms with Gasteiger partial charge in [-0.25, -0.2) is 13.6 Å². The summed E-state index contributed by atoms with van der Waals surface area (Å²) < 4.78 is 31.7. The number of halogens is 2. The molecule has 0 atom stereocenters. The van der Waals surface area contributed by atoms with Crippen LogP contribution < -0.4 is 16.4 Å². The fourth-order valence-electron chi connectivity index (χ4n) is 1.53. The molecule has 0 saturated carbocycles. The van der Waals surface area contributed by atoms with Crippen molar-refractivity contribution in [1.82, 2.24) is 10.6 Å². The lowest BCUT2D eigenvalue weighted by Gasteiger charge is -2.19. The molecule has 0 aliphatic heterocycles. The largest absolute Gasteiger partial charge is 0.444 e. The third kappa shape index (κ3) is 5.55. The minimum atomic E-state index is -0.987. The van der Waals surface area contributed by atoms with Gasteiger partial charge < -0.3 is 21.1 Å². The van der Waals surface area contributed by atoms with Gasteiger partial charge in [-0.2, -0.15) is 0 Å². The molecule has 0 heterocycles. The zero-order valence-corrected chi connectivity index (χ0v) is 12.6. The Morgan fingerprint density at radius 2 is 1.77 bits per heavy atom. The van der Waals surface area contributed by atoms with Crippen LogP contribution in [0.15, 0.2) is 12.1 Å². The highest BCUT2D eigenvalue weighted by molar-refractivity contribution is 5.95. The van der Waals surface area contributed by atoms with Crippen LogP contribution in [0.25, 0.3) is 0 Å². The predicted octanol–water partition coefficient (Wildman–Crippen LogP) is 1.80. The molecule has 22 heavy (non-hydrogen) atoms. The monoisotopic (exact) mass is 315 g/mol. The summed E-state index contributed by atoms with van der Waals surface area (Å²) in [5.41, 5.74) is 3.68. The van der Waals surface area contributed by atoms with Crippen molar-refractivity contribution < 1.29 is 23.1 Å². The first-order valence-electron chi connectivity index (χ1n) is 6.59. The zero-order chi connectivity index (χ0) is 16.9. The molecule has 0 bridgehead atoms. The predicted molar refractivity (Wildman–Crippen MR) is 77.3 cm³/mol. The summed E-state index contributed by atoms with van der Waals surface area (Å²) >= 11 is 0. The van der Waals surface area contributed by atoms with Crippen molar-refractivity contribution in [2.45, 2.75) is 26.4 Å². The number of nitrogens with two attached hydrogens (primary N) is 1. The molecule has 1 rings (SSSR count). The Morgan fingerprint density at radius 1 is 1.18 bits per heavy atom. The minimum absolute atomic E-state index is 0.0218. The van der Waals surface area contributed by atoms with E-state index in [4.69, 9.17) is 10.5 Å². The first-order chi connectivity index (χ1) is 10.1. The van der Waals surface area contributed by atoms with Gasteiger partial charge >= 0.3 is 6.09 Å². The number of rotatable bonds is 4. The number of alkyl carbamates (subject to hydrolysis) is 1. The Bertz CT molecular complexity index is 571. The average molecular weight is 315 g/mol. The van der Waals surface area contributed by atoms with E-state index < -0.39 is 40.5 Å². The van der Waals surface area contributed by atoms with Gasteiger partial charge in [0, 0.05) is 13.1 Å². The number of benzene rings is 1. The third-order valence-corrected chi connectivity index (χ3v) is 2.39. The molecule has 0 spiro atoms. The molecule has 0 radical (unpaired) electrons. The number of nitrogens with one attached hydrogen (secondary N) is 2. The van der Waals surface area contributed by atoms with Gasteiger partial charge in [0.15, 0.2) is 5.82 Å². The topological polar surface area (TPSA) is 93.5 Å². The second-order valence-electron chi connectivity index (χ2n) is 5.54. The van der Waals surface area contributed by atoms with Crippen molar-refractivity contribution >= 4 is 17.7 Å². The second-order valence-corrected chi connectivity index (χ2v) is 5.54. The van der Waals surface area contributed by atoms with Gasteiger partial charge in [-0.3, -0.25) is 4.79 Å². The van der Waals surface area contributed by atoms with Gasteiger partial charge in [0.2, 0.25) is 0 Å². The zero-order valence-electron chi connectivity index (χ0n) is 12.6. The molecule has 122 valence electrons. The van der Waals surface area contributed by atoms with Crippen LogP contribution in [0.1, 0.15) is 31.1 Å². The molecule has 0 aliphatic rings. The van der Waals surface area contributed by atoms with Gasteiger partial charge in [-0.05, 0) is 32.9 Å². The number of carbonyl (C=O) groups excluding carboxylic acids is 2. The van der Waals surface area contributed by atoms with E-state index in [1.165, 1.54) is 0 Å². The Balaban J connectivity index is 2.46. The van der Waals surface area contributed by atoms with Crippen molar-refractivity contribution in [3.05, 3.63) is 29.3 Å². The number of carbonyl (C=O) groups is 2. The van der Waals surface area contributed by atoms with Crippen molar-refractivity contribution in [1.29, 1.82) is 0 Å². The van der Waals surface area contributed by atoms with E-state index in [1.54, 1.807) is 20.8 Å². The summed E-state index contributed by atoms with van der Waals surface area (Å²) in [6, 6.07) is 1.54. The van der Waals surface area contributed by atoms with Gasteiger partial charge in [0.05, 0.1) is 11.3 Å². The lowest BCUT2D eigenvalue weighted by Crippen LogP contribution is -2.38. The van der Waals surface area contributed by atoms with Crippen LogP contribution in [0.2, 0.25) is 0 Å². The maximum atomic E-state index is 13.6. The maximum Gasteiger partial charge on any atom is 0.407 e. The standard InChI is InChI=1S/C14H19F2N3O3/c1-14(2,3)22-13(21)19-5-4-18-12(20)9-6-8(15)7-10(17)11(9)16/h6-7H,4-5,17H2,1-3H3,(H,18,20)(H,19,21). The Morgan fingerprint density at radius 3 is 2.36 bits per heavy atom. The molecule has 1 aromatic rings. The van der Waals surface area contributed by atoms with E-state index in [-0.39, 0.29) is 13.1 Å². The molecule has 6 nitrogen and oxygen atoms in total. The first kappa shape index (κ1) is 17.7. The van der Waals surface area contributed by atoms with Crippen LogP contribution in [-0.4, -0.2) is 30.7 Å². The molecular weight excluding hydrogens is 296 g/mol. The molecule has 0 saturated heterocycles. The van der Waals surface area contributed by atoms with E-state index >= 15 is 0 Å². The minimum Gasteiger partial charge on any atom is -0.444 e. The van der Waals surface area contributed by atoms with Gasteiger partial charge in [-0.1, -0.05) is 0 Å². The maximum absolute atomic E-state index is 13.6. The van der Waals surface area contributed by atoms with Crippen LogP contribution in [0.3, 0.4) is 0 Å². The number of ether oxygens (including phenoxy) is 1. The van der Waals surface area contributed by atoms with Crippen LogP contribution in [0, 0.1) is 11.6 Å². The van der Waals surface area contributed by atoms with E-state index in [1.807, 2.05) is 0 Å². The van der Waals surface area contributed by atoms with Gasteiger partial charge in [0.25, 0.3) is 5.91 Å². The average Bonchev–Trinajstić information content (AvgIpc) is 2.36. The molecule has 8 heteroatoms. The highest BCUT2D eigenvalue weighted by Crippen LogP contribution is 2.17. The summed E-state index contributed by atoms with van der Waals surface area (Å²) in [5.74, 6) is -2.62. The number of hydrogen-bond donors (Lipinski definition) is 3. The highest BCUT2D eigenvalue weighted by atomic mass is 19.1. The molecule has 0 fully saturated rings. The molecule has 0 aliphatic carbocycles. The van der Waals surface area contributed by atoms with Gasteiger partial charge in [0.1, 0.15) is 11.4 Å². The first-order valence-corrected chi connectivity index (χ1v) is 6.59. The van der Waals surface area contributed by atoms with E-state index in [0.717, 1.165) is 12.1 Å². The van der Waals surface area contributed by atoms with Crippen molar-refractivity contribution in [2.24, 2.45) is 0 Å². The van der Waals surface area contributed by atoms with Crippen molar-refractivity contribution in [2.75, 3.05) is 18.8 Å². The molecule has 1 aromatic carbocycles.